The normalized spacial score (nSPS) is 16.7. The molecule has 0 aromatic heterocycles. The molecule has 43 heavy (non-hydrogen) atoms. The fourth-order valence-electron chi connectivity index (χ4n) is 6.17. The molecule has 3 aromatic rings. The lowest BCUT2D eigenvalue weighted by Gasteiger charge is -2.39. The number of piperazine rings is 1. The summed E-state index contributed by atoms with van der Waals surface area (Å²) in [7, 11) is 6.27. The van der Waals surface area contributed by atoms with Crippen LogP contribution in [0.15, 0.2) is 66.7 Å². The smallest absolute Gasteiger partial charge is 0.395 e. The molecule has 2 aliphatic rings. The van der Waals surface area contributed by atoms with Gasteiger partial charge in [-0.05, 0) is 61.7 Å². The fraction of sp³-hybridized carbons (Fsp3) is 0.394. The van der Waals surface area contributed by atoms with Gasteiger partial charge >= 0.3 is 7.62 Å². The number of hydrogen-bond donors (Lipinski definition) is 1. The van der Waals surface area contributed by atoms with Gasteiger partial charge < -0.3 is 24.3 Å². The molecule has 0 aliphatic carbocycles. The number of rotatable bonds is 13. The lowest BCUT2D eigenvalue weighted by atomic mass is 9.99. The minimum atomic E-state index is -0.479. The fourth-order valence-corrected chi connectivity index (χ4v) is 6.17. The number of anilines is 1. The van der Waals surface area contributed by atoms with E-state index in [1.54, 1.807) is 27.4 Å². The molecule has 1 radical (unpaired) electrons. The molecular weight excluding hydrogens is 543 g/mol. The van der Waals surface area contributed by atoms with Crippen molar-refractivity contribution in [1.29, 1.82) is 0 Å². The van der Waals surface area contributed by atoms with E-state index in [-0.39, 0.29) is 11.8 Å². The van der Waals surface area contributed by atoms with Crippen molar-refractivity contribution >= 4 is 25.1 Å². The number of amides is 2. The first-order chi connectivity index (χ1) is 21.0. The topological polar surface area (TPSA) is 83.6 Å². The van der Waals surface area contributed by atoms with Crippen molar-refractivity contribution in [3.8, 4) is 11.5 Å². The summed E-state index contributed by atoms with van der Waals surface area (Å²) < 4.78 is 16.0. The second-order valence-corrected chi connectivity index (χ2v) is 10.9. The SMILES string of the molecule is CO[B]NCCC[C@H](c1ccc(OC)c(OC)c1)N1C(=O)c2cccc(N3CCN([C@H](C)c4ccccc4)CC3)c2C1=O. The highest BCUT2D eigenvalue weighted by Crippen LogP contribution is 2.40. The van der Waals surface area contributed by atoms with Crippen LogP contribution in [0.3, 0.4) is 0 Å². The van der Waals surface area contributed by atoms with E-state index in [9.17, 15) is 9.59 Å². The predicted octanol–water partition coefficient (Wildman–Crippen LogP) is 4.47. The van der Waals surface area contributed by atoms with Crippen LogP contribution >= 0.6 is 0 Å². The highest BCUT2D eigenvalue weighted by atomic mass is 16.5. The maximum absolute atomic E-state index is 14.2. The summed E-state index contributed by atoms with van der Waals surface area (Å²) in [4.78, 5) is 34.3. The van der Waals surface area contributed by atoms with E-state index in [4.69, 9.17) is 14.1 Å². The van der Waals surface area contributed by atoms with E-state index in [1.165, 1.54) is 18.1 Å². The van der Waals surface area contributed by atoms with E-state index in [1.807, 2.05) is 36.4 Å². The third-order valence-electron chi connectivity index (χ3n) is 8.51. The summed E-state index contributed by atoms with van der Waals surface area (Å²) in [5.74, 6) is 0.615. The maximum atomic E-state index is 14.2. The quantitative estimate of drug-likeness (QED) is 0.179. The van der Waals surface area contributed by atoms with Crippen molar-refractivity contribution < 1.29 is 23.7 Å². The van der Waals surface area contributed by atoms with Crippen LogP contribution in [0.25, 0.3) is 0 Å². The molecule has 0 bridgehead atoms. The molecule has 225 valence electrons. The van der Waals surface area contributed by atoms with Crippen LogP contribution in [-0.2, 0) is 4.65 Å². The first-order valence-electron chi connectivity index (χ1n) is 14.8. The molecule has 2 amide bonds. The zero-order chi connectivity index (χ0) is 30.3. The standard InChI is InChI=1S/C33H40BN4O5/c1-23(24-10-6-5-7-11-24)36-18-20-37(21-19-36)28-13-8-12-26-31(28)33(40)38(32(26)39)27(14-9-17-35-34-43-4)25-15-16-29(41-2)30(22-25)42-3/h5-8,10-13,15-16,22-23,27,35H,9,14,17-21H2,1-4H3/t23-,27-/m1/s1. The number of ether oxygens (including phenoxy) is 2. The third-order valence-corrected chi connectivity index (χ3v) is 8.51. The van der Waals surface area contributed by atoms with Crippen LogP contribution in [0, 0.1) is 0 Å². The van der Waals surface area contributed by atoms with Crippen LogP contribution in [0.1, 0.15) is 63.7 Å². The molecule has 2 aliphatic heterocycles. The Hall–Kier alpha value is -3.86. The highest BCUT2D eigenvalue weighted by Gasteiger charge is 2.43. The van der Waals surface area contributed by atoms with E-state index in [2.05, 4.69) is 46.2 Å². The van der Waals surface area contributed by atoms with Crippen LogP contribution in [0.5, 0.6) is 11.5 Å². The number of fused-ring (bicyclic) bond motifs is 1. The Morgan fingerprint density at radius 3 is 2.28 bits per heavy atom. The molecule has 1 saturated heterocycles. The molecule has 1 fully saturated rings. The van der Waals surface area contributed by atoms with Gasteiger partial charge in [0.2, 0.25) is 0 Å². The van der Waals surface area contributed by atoms with Gasteiger partial charge in [-0.2, -0.15) is 0 Å². The van der Waals surface area contributed by atoms with E-state index in [0.717, 1.165) is 37.4 Å². The number of nitrogens with one attached hydrogen (secondary N) is 1. The largest absolute Gasteiger partial charge is 0.493 e. The predicted molar refractivity (Wildman–Crippen MR) is 168 cm³/mol. The number of methoxy groups -OCH3 is 2. The second-order valence-electron chi connectivity index (χ2n) is 10.9. The number of carbonyl (C=O) groups excluding carboxylic acids is 2. The summed E-state index contributed by atoms with van der Waals surface area (Å²) >= 11 is 0. The van der Waals surface area contributed by atoms with Crippen LogP contribution in [0.4, 0.5) is 5.69 Å². The third kappa shape index (κ3) is 6.41. The average Bonchev–Trinajstić information content (AvgIpc) is 3.31. The van der Waals surface area contributed by atoms with E-state index >= 15 is 0 Å². The Morgan fingerprint density at radius 2 is 1.58 bits per heavy atom. The minimum absolute atomic E-state index is 0.258. The van der Waals surface area contributed by atoms with Crippen LogP contribution in [0.2, 0.25) is 0 Å². The first-order valence-corrected chi connectivity index (χ1v) is 14.8. The Balaban J connectivity index is 1.39. The monoisotopic (exact) mass is 583 g/mol. The van der Waals surface area contributed by atoms with Gasteiger partial charge in [-0.3, -0.25) is 19.4 Å². The molecule has 0 spiro atoms. The molecule has 10 heteroatoms. The van der Waals surface area contributed by atoms with Gasteiger partial charge in [-0.25, -0.2) is 0 Å². The number of hydrogen-bond acceptors (Lipinski definition) is 8. The minimum Gasteiger partial charge on any atom is -0.493 e. The maximum Gasteiger partial charge on any atom is 0.395 e. The molecule has 0 saturated carbocycles. The van der Waals surface area contributed by atoms with Crippen molar-refractivity contribution in [2.45, 2.75) is 31.8 Å². The summed E-state index contributed by atoms with van der Waals surface area (Å²) in [5.41, 5.74) is 3.89. The zero-order valence-electron chi connectivity index (χ0n) is 25.4. The molecule has 2 heterocycles. The Bertz CT molecular complexity index is 1410. The average molecular weight is 584 g/mol. The number of benzene rings is 3. The van der Waals surface area contributed by atoms with E-state index < -0.39 is 6.04 Å². The van der Waals surface area contributed by atoms with Gasteiger partial charge in [0.1, 0.15) is 0 Å². The van der Waals surface area contributed by atoms with Gasteiger partial charge in [0.15, 0.2) is 11.5 Å². The highest BCUT2D eigenvalue weighted by molar-refractivity contribution is 6.24. The molecule has 1 N–H and O–H groups in total. The van der Waals surface area contributed by atoms with Crippen molar-refractivity contribution in [1.82, 2.24) is 15.0 Å². The van der Waals surface area contributed by atoms with Gasteiger partial charge in [-0.15, -0.1) is 0 Å². The Labute approximate surface area is 255 Å². The van der Waals surface area contributed by atoms with Crippen molar-refractivity contribution in [3.05, 3.63) is 89.0 Å². The summed E-state index contributed by atoms with van der Waals surface area (Å²) in [6, 6.07) is 21.6. The van der Waals surface area contributed by atoms with Crippen molar-refractivity contribution in [2.75, 3.05) is 59.0 Å². The first kappa shape index (κ1) is 30.6. The summed E-state index contributed by atoms with van der Waals surface area (Å²) in [6.45, 7) is 6.16. The number of nitrogens with zero attached hydrogens (tertiary/aromatic N) is 3. The Morgan fingerprint density at radius 1 is 0.837 bits per heavy atom. The summed E-state index contributed by atoms with van der Waals surface area (Å²) in [5, 5.41) is 3.10. The molecule has 5 rings (SSSR count). The van der Waals surface area contributed by atoms with Gasteiger partial charge in [0.05, 0.1) is 37.1 Å². The number of imide groups is 1. The number of carbonyl (C=O) groups is 2. The molecule has 9 nitrogen and oxygen atoms in total. The molecule has 0 unspecified atom stereocenters. The zero-order valence-corrected chi connectivity index (χ0v) is 25.4. The van der Waals surface area contributed by atoms with Gasteiger partial charge in [0, 0.05) is 39.3 Å². The van der Waals surface area contributed by atoms with Gasteiger partial charge in [0.25, 0.3) is 11.8 Å². The lowest BCUT2D eigenvalue weighted by molar-refractivity contribution is 0.0572. The lowest BCUT2D eigenvalue weighted by Crippen LogP contribution is -2.47. The molecule has 2 atom stereocenters. The van der Waals surface area contributed by atoms with Crippen LogP contribution < -0.4 is 19.6 Å². The van der Waals surface area contributed by atoms with E-state index in [0.29, 0.717) is 48.1 Å². The Kier molecular flexibility index (Phi) is 10.0. The van der Waals surface area contributed by atoms with Crippen LogP contribution in [-0.4, -0.2) is 83.3 Å². The summed E-state index contributed by atoms with van der Waals surface area (Å²) in [6.07, 6.45) is 1.28. The molecular formula is C33H40BN4O5. The van der Waals surface area contributed by atoms with Crippen molar-refractivity contribution in [3.63, 3.8) is 0 Å². The second kappa shape index (κ2) is 14.1. The molecule has 3 aromatic carbocycles. The van der Waals surface area contributed by atoms with Gasteiger partial charge in [-0.1, -0.05) is 42.5 Å². The van der Waals surface area contributed by atoms with Crippen molar-refractivity contribution in [2.24, 2.45) is 0 Å².